The van der Waals surface area contributed by atoms with Gasteiger partial charge in [0, 0.05) is 0 Å². The largest absolute Gasteiger partial charge is 0.469 e. The van der Waals surface area contributed by atoms with Crippen molar-refractivity contribution in [3.8, 4) is 0 Å². The van der Waals surface area contributed by atoms with Crippen molar-refractivity contribution < 1.29 is 14.3 Å². The Kier molecular flexibility index (Phi) is 4.18. The van der Waals surface area contributed by atoms with Gasteiger partial charge in [-0.3, -0.25) is 9.59 Å². The summed E-state index contributed by atoms with van der Waals surface area (Å²) in [6.07, 6.45) is 1.26. The van der Waals surface area contributed by atoms with E-state index in [9.17, 15) is 9.59 Å². The van der Waals surface area contributed by atoms with Gasteiger partial charge in [0.25, 0.3) is 0 Å². The molecule has 0 aromatic rings. The summed E-state index contributed by atoms with van der Waals surface area (Å²) in [6, 6.07) is 0. The quantitative estimate of drug-likeness (QED) is 0.349. The summed E-state index contributed by atoms with van der Waals surface area (Å²) in [5.41, 5.74) is 0.888. The van der Waals surface area contributed by atoms with Gasteiger partial charge >= 0.3 is 5.97 Å². The number of hydrogen-bond donors (Lipinski definition) is 0. The number of esters is 1. The highest BCUT2D eigenvalue weighted by atomic mass is 16.5. The van der Waals surface area contributed by atoms with E-state index in [0.29, 0.717) is 0 Å². The lowest BCUT2D eigenvalue weighted by atomic mass is 10.2. The summed E-state index contributed by atoms with van der Waals surface area (Å²) in [7, 11) is 1.26. The van der Waals surface area contributed by atoms with E-state index >= 15 is 0 Å². The molecular weight excluding hydrogens is 144 g/mol. The molecule has 0 amide bonds. The van der Waals surface area contributed by atoms with Crippen LogP contribution >= 0.6 is 0 Å². The monoisotopic (exact) mass is 156 g/mol. The molecule has 0 aliphatic heterocycles. The number of ketones is 1. The maximum absolute atomic E-state index is 10.8. The van der Waals surface area contributed by atoms with Gasteiger partial charge in [0.2, 0.25) is 0 Å². The number of ether oxygens (including phenoxy) is 1. The van der Waals surface area contributed by atoms with Crippen LogP contribution in [-0.4, -0.2) is 18.9 Å². The molecule has 0 atom stereocenters. The second kappa shape index (κ2) is 4.66. The molecule has 11 heavy (non-hydrogen) atoms. The molecule has 3 heteroatoms. The number of carbonyl (C=O) groups is 2. The van der Waals surface area contributed by atoms with Crippen LogP contribution in [0, 0.1) is 0 Å². The van der Waals surface area contributed by atoms with Crippen LogP contribution < -0.4 is 0 Å². The van der Waals surface area contributed by atoms with Crippen LogP contribution in [0.5, 0.6) is 0 Å². The number of methoxy groups -OCH3 is 1. The Morgan fingerprint density at radius 1 is 1.36 bits per heavy atom. The molecule has 0 aliphatic rings. The number of carbonyl (C=O) groups excluding carboxylic acids is 2. The van der Waals surface area contributed by atoms with E-state index in [4.69, 9.17) is 0 Å². The van der Waals surface area contributed by atoms with Crippen LogP contribution in [0.3, 0.4) is 0 Å². The Hall–Kier alpha value is -1.12. The van der Waals surface area contributed by atoms with Crippen molar-refractivity contribution in [2.45, 2.75) is 20.3 Å². The summed E-state index contributed by atoms with van der Waals surface area (Å²) in [5.74, 6) is -0.704. The standard InChI is InChI=1S/C8H12O3/c1-6(2)4-7(9)5-8(10)11-3/h4H,5H2,1-3H3. The maximum atomic E-state index is 10.8. The molecule has 0 radical (unpaired) electrons. The average molecular weight is 156 g/mol. The molecular formula is C8H12O3. The second-order valence-electron chi connectivity index (χ2n) is 2.44. The minimum Gasteiger partial charge on any atom is -0.469 e. The van der Waals surface area contributed by atoms with Crippen molar-refractivity contribution in [2.75, 3.05) is 7.11 Å². The molecule has 0 spiro atoms. The SMILES string of the molecule is COC(=O)CC(=O)C=C(C)C. The molecule has 0 saturated carbocycles. The van der Waals surface area contributed by atoms with Crippen molar-refractivity contribution >= 4 is 11.8 Å². The highest BCUT2D eigenvalue weighted by Crippen LogP contribution is 1.94. The highest BCUT2D eigenvalue weighted by Gasteiger charge is 2.05. The molecule has 0 bridgehead atoms. The summed E-state index contributed by atoms with van der Waals surface area (Å²) in [5, 5.41) is 0. The van der Waals surface area contributed by atoms with Gasteiger partial charge in [-0.1, -0.05) is 5.57 Å². The Morgan fingerprint density at radius 3 is 2.27 bits per heavy atom. The second-order valence-corrected chi connectivity index (χ2v) is 2.44. The molecule has 0 aromatic carbocycles. The topological polar surface area (TPSA) is 43.4 Å². The van der Waals surface area contributed by atoms with E-state index in [1.165, 1.54) is 13.2 Å². The van der Waals surface area contributed by atoms with Gasteiger partial charge in [0.1, 0.15) is 6.42 Å². The molecule has 0 rings (SSSR count). The van der Waals surface area contributed by atoms with Crippen molar-refractivity contribution in [1.29, 1.82) is 0 Å². The van der Waals surface area contributed by atoms with Crippen molar-refractivity contribution in [1.82, 2.24) is 0 Å². The van der Waals surface area contributed by atoms with Crippen LogP contribution in [-0.2, 0) is 14.3 Å². The summed E-state index contributed by atoms with van der Waals surface area (Å²) >= 11 is 0. The number of allylic oxidation sites excluding steroid dienone is 2. The molecule has 0 fully saturated rings. The van der Waals surface area contributed by atoms with Crippen molar-refractivity contribution in [2.24, 2.45) is 0 Å². The van der Waals surface area contributed by atoms with Gasteiger partial charge in [0.05, 0.1) is 7.11 Å². The number of rotatable bonds is 3. The van der Waals surface area contributed by atoms with Crippen LogP contribution in [0.4, 0.5) is 0 Å². The Labute approximate surface area is 66.0 Å². The van der Waals surface area contributed by atoms with Gasteiger partial charge < -0.3 is 4.74 Å². The minimum absolute atomic E-state index is 0.165. The molecule has 0 aromatic heterocycles. The van der Waals surface area contributed by atoms with Crippen LogP contribution in [0.25, 0.3) is 0 Å². The lowest BCUT2D eigenvalue weighted by molar-refractivity contribution is -0.142. The molecule has 0 unspecified atom stereocenters. The lowest BCUT2D eigenvalue weighted by Gasteiger charge is -1.94. The zero-order valence-corrected chi connectivity index (χ0v) is 7.01. The average Bonchev–Trinajstić information content (AvgIpc) is 1.85. The first-order valence-electron chi connectivity index (χ1n) is 3.31. The molecule has 3 nitrogen and oxygen atoms in total. The van der Waals surface area contributed by atoms with E-state index in [-0.39, 0.29) is 12.2 Å². The Bertz CT molecular complexity index is 188. The van der Waals surface area contributed by atoms with Gasteiger partial charge in [-0.15, -0.1) is 0 Å². The fraction of sp³-hybridized carbons (Fsp3) is 0.500. The van der Waals surface area contributed by atoms with E-state index < -0.39 is 5.97 Å². The first-order valence-corrected chi connectivity index (χ1v) is 3.31. The summed E-state index contributed by atoms with van der Waals surface area (Å²) < 4.78 is 4.31. The third-order valence-electron chi connectivity index (χ3n) is 0.996. The van der Waals surface area contributed by atoms with E-state index in [2.05, 4.69) is 4.74 Å². The third kappa shape index (κ3) is 5.33. The van der Waals surface area contributed by atoms with E-state index in [0.717, 1.165) is 5.57 Å². The zero-order chi connectivity index (χ0) is 8.85. The van der Waals surface area contributed by atoms with Crippen LogP contribution in [0.2, 0.25) is 0 Å². The first-order chi connectivity index (χ1) is 5.06. The third-order valence-corrected chi connectivity index (χ3v) is 0.996. The molecule has 0 N–H and O–H groups in total. The Balaban J connectivity index is 3.89. The van der Waals surface area contributed by atoms with E-state index in [1.807, 2.05) is 0 Å². The van der Waals surface area contributed by atoms with Gasteiger partial charge in [-0.25, -0.2) is 0 Å². The molecule has 0 aliphatic carbocycles. The Morgan fingerprint density at radius 2 is 1.91 bits per heavy atom. The van der Waals surface area contributed by atoms with Crippen LogP contribution in [0.1, 0.15) is 20.3 Å². The summed E-state index contributed by atoms with van der Waals surface area (Å²) in [4.78, 5) is 21.4. The molecule has 62 valence electrons. The lowest BCUT2D eigenvalue weighted by Crippen LogP contribution is -2.06. The summed E-state index contributed by atoms with van der Waals surface area (Å²) in [6.45, 7) is 3.60. The minimum atomic E-state index is -0.493. The van der Waals surface area contributed by atoms with E-state index in [1.54, 1.807) is 13.8 Å². The van der Waals surface area contributed by atoms with Gasteiger partial charge in [0.15, 0.2) is 5.78 Å². The van der Waals surface area contributed by atoms with Crippen molar-refractivity contribution in [3.05, 3.63) is 11.6 Å². The smallest absolute Gasteiger partial charge is 0.313 e. The van der Waals surface area contributed by atoms with Crippen LogP contribution in [0.15, 0.2) is 11.6 Å². The fourth-order valence-corrected chi connectivity index (χ4v) is 0.587. The fourth-order valence-electron chi connectivity index (χ4n) is 0.587. The highest BCUT2D eigenvalue weighted by molar-refractivity contribution is 6.02. The zero-order valence-electron chi connectivity index (χ0n) is 7.01. The van der Waals surface area contributed by atoms with Gasteiger partial charge in [-0.2, -0.15) is 0 Å². The number of hydrogen-bond acceptors (Lipinski definition) is 3. The maximum Gasteiger partial charge on any atom is 0.313 e. The first kappa shape index (κ1) is 9.88. The molecule has 0 saturated heterocycles. The normalized spacial score (nSPS) is 8.64. The predicted molar refractivity (Wildman–Crippen MR) is 41.1 cm³/mol. The van der Waals surface area contributed by atoms with Gasteiger partial charge in [-0.05, 0) is 19.9 Å². The molecule has 0 heterocycles. The predicted octanol–water partition coefficient (Wildman–Crippen LogP) is 1.08. The van der Waals surface area contributed by atoms with Crippen molar-refractivity contribution in [3.63, 3.8) is 0 Å².